The Kier molecular flexibility index (Phi) is 4.39. The largest absolute Gasteiger partial charge is 0.325 e. The number of nitrogens with one attached hydrogen (secondary N) is 1. The number of hydrogen-bond acceptors (Lipinski definition) is 5. The Morgan fingerprint density at radius 1 is 1.07 bits per heavy atom. The van der Waals surface area contributed by atoms with Gasteiger partial charge >= 0.3 is 0 Å². The number of benzene rings is 2. The Labute approximate surface area is 172 Å². The van der Waals surface area contributed by atoms with Gasteiger partial charge in [0.15, 0.2) is 5.82 Å². The molecule has 6 nitrogen and oxygen atoms in total. The molecule has 1 amide bonds. The summed E-state index contributed by atoms with van der Waals surface area (Å²) in [5.41, 5.74) is 2.41. The third-order valence-corrected chi connectivity index (χ3v) is 6.68. The van der Waals surface area contributed by atoms with E-state index in [0.717, 1.165) is 58.3 Å². The number of fused-ring (bicyclic) bond motifs is 1. The number of nitrogens with zero attached hydrogens (tertiary/aromatic N) is 4. The maximum absolute atomic E-state index is 13.4. The Hall–Kier alpha value is -3.06. The maximum Gasteiger partial charge on any atom is 0.235 e. The molecule has 0 radical (unpaired) electrons. The molecule has 0 spiro atoms. The zero-order chi connectivity index (χ0) is 19.8. The highest BCUT2D eigenvalue weighted by molar-refractivity contribution is 7.19. The Balaban J connectivity index is 1.44. The highest BCUT2D eigenvalue weighted by atomic mass is 32.1. The molecule has 1 aliphatic carbocycles. The quantitative estimate of drug-likeness (QED) is 0.540. The summed E-state index contributed by atoms with van der Waals surface area (Å²) >= 11 is 1.49. The van der Waals surface area contributed by atoms with Crippen molar-refractivity contribution in [2.24, 2.45) is 0 Å². The molecule has 1 fully saturated rings. The minimum Gasteiger partial charge on any atom is -0.325 e. The molecule has 1 N–H and O–H groups in total. The number of hydrogen-bond donors (Lipinski definition) is 1. The molecule has 2 heterocycles. The molecule has 2 aromatic heterocycles. The summed E-state index contributed by atoms with van der Waals surface area (Å²) in [5, 5.41) is 16.8. The van der Waals surface area contributed by atoms with E-state index in [0.29, 0.717) is 0 Å². The van der Waals surface area contributed by atoms with E-state index in [1.54, 1.807) is 4.52 Å². The summed E-state index contributed by atoms with van der Waals surface area (Å²) in [6.07, 6.45) is 3.93. The van der Waals surface area contributed by atoms with E-state index in [2.05, 4.69) is 32.7 Å². The van der Waals surface area contributed by atoms with Gasteiger partial charge in [0.05, 0.1) is 5.41 Å². The highest BCUT2D eigenvalue weighted by Gasteiger charge is 2.42. The van der Waals surface area contributed by atoms with Crippen molar-refractivity contribution in [1.82, 2.24) is 19.8 Å². The number of carbonyl (C=O) groups is 1. The molecule has 0 unspecified atom stereocenters. The minimum absolute atomic E-state index is 0.0762. The fourth-order valence-electron chi connectivity index (χ4n) is 4.19. The SMILES string of the molecule is Cc1nnc2sc(-c3cccc(NC(=O)C4(c5ccccc5)CCCC4)c3)nn12. The van der Waals surface area contributed by atoms with E-state index in [1.165, 1.54) is 11.3 Å². The van der Waals surface area contributed by atoms with Crippen molar-refractivity contribution >= 4 is 27.9 Å². The second-order valence-electron chi connectivity index (χ2n) is 7.54. The average Bonchev–Trinajstić information content (AvgIpc) is 3.47. The van der Waals surface area contributed by atoms with Gasteiger partial charge in [-0.2, -0.15) is 9.61 Å². The molecule has 29 heavy (non-hydrogen) atoms. The van der Waals surface area contributed by atoms with Gasteiger partial charge in [-0.05, 0) is 37.5 Å². The molecule has 0 aliphatic heterocycles. The van der Waals surface area contributed by atoms with Crippen LogP contribution in [0.15, 0.2) is 54.6 Å². The number of rotatable bonds is 4. The Bertz CT molecular complexity index is 1170. The van der Waals surface area contributed by atoms with E-state index in [9.17, 15) is 4.79 Å². The summed E-state index contributed by atoms with van der Waals surface area (Å²) in [6.45, 7) is 1.88. The minimum atomic E-state index is -0.443. The van der Waals surface area contributed by atoms with Crippen molar-refractivity contribution in [1.29, 1.82) is 0 Å². The molecule has 1 aliphatic rings. The molecule has 7 heteroatoms. The average molecular weight is 404 g/mol. The first-order chi connectivity index (χ1) is 14.2. The zero-order valence-corrected chi connectivity index (χ0v) is 16.9. The van der Waals surface area contributed by atoms with Crippen LogP contribution >= 0.6 is 11.3 Å². The van der Waals surface area contributed by atoms with Gasteiger partial charge < -0.3 is 5.32 Å². The third-order valence-electron chi connectivity index (χ3n) is 5.73. The molecule has 146 valence electrons. The van der Waals surface area contributed by atoms with Gasteiger partial charge in [0.2, 0.25) is 10.9 Å². The van der Waals surface area contributed by atoms with E-state index in [-0.39, 0.29) is 5.91 Å². The van der Waals surface area contributed by atoms with Crippen LogP contribution in [0.3, 0.4) is 0 Å². The summed E-state index contributed by atoms with van der Waals surface area (Å²) in [5.74, 6) is 0.838. The van der Waals surface area contributed by atoms with E-state index < -0.39 is 5.41 Å². The molecular weight excluding hydrogens is 382 g/mol. The molecule has 0 bridgehead atoms. The van der Waals surface area contributed by atoms with Crippen molar-refractivity contribution in [2.45, 2.75) is 38.0 Å². The smallest absolute Gasteiger partial charge is 0.235 e. The van der Waals surface area contributed by atoms with Gasteiger partial charge in [-0.25, -0.2) is 0 Å². The van der Waals surface area contributed by atoms with Crippen molar-refractivity contribution in [3.63, 3.8) is 0 Å². The summed E-state index contributed by atoms with van der Waals surface area (Å²) in [6, 6.07) is 18.0. The normalized spacial score (nSPS) is 15.6. The number of aromatic nitrogens is 4. The van der Waals surface area contributed by atoms with Crippen molar-refractivity contribution in [2.75, 3.05) is 5.32 Å². The number of anilines is 1. The van der Waals surface area contributed by atoms with Crippen LogP contribution < -0.4 is 5.32 Å². The topological polar surface area (TPSA) is 72.2 Å². The predicted molar refractivity (Wildman–Crippen MR) is 114 cm³/mol. The van der Waals surface area contributed by atoms with Crippen LogP contribution in [0.2, 0.25) is 0 Å². The van der Waals surface area contributed by atoms with Crippen molar-refractivity contribution in [3.8, 4) is 10.6 Å². The van der Waals surface area contributed by atoms with Crippen LogP contribution in [-0.2, 0) is 10.2 Å². The zero-order valence-electron chi connectivity index (χ0n) is 16.1. The van der Waals surface area contributed by atoms with Crippen LogP contribution in [0.25, 0.3) is 15.5 Å². The van der Waals surface area contributed by atoms with E-state index in [1.807, 2.05) is 49.4 Å². The second kappa shape index (κ2) is 7.08. The first kappa shape index (κ1) is 18.0. The molecular formula is C22H21N5OS. The van der Waals surface area contributed by atoms with Gasteiger partial charge in [0.25, 0.3) is 0 Å². The Morgan fingerprint density at radius 3 is 2.62 bits per heavy atom. The Morgan fingerprint density at radius 2 is 1.86 bits per heavy atom. The molecule has 0 atom stereocenters. The molecule has 4 aromatic rings. The van der Waals surface area contributed by atoms with Gasteiger partial charge in [-0.15, -0.1) is 10.2 Å². The van der Waals surface area contributed by atoms with Gasteiger partial charge in [0, 0.05) is 11.3 Å². The number of carbonyl (C=O) groups excluding carboxylic acids is 1. The molecule has 5 rings (SSSR count). The lowest BCUT2D eigenvalue weighted by atomic mass is 9.78. The highest BCUT2D eigenvalue weighted by Crippen LogP contribution is 2.42. The van der Waals surface area contributed by atoms with Crippen molar-refractivity contribution in [3.05, 3.63) is 66.0 Å². The van der Waals surface area contributed by atoms with Crippen LogP contribution in [0, 0.1) is 6.92 Å². The van der Waals surface area contributed by atoms with Crippen molar-refractivity contribution < 1.29 is 4.79 Å². The van der Waals surface area contributed by atoms with E-state index >= 15 is 0 Å². The lowest BCUT2D eigenvalue weighted by Crippen LogP contribution is -2.37. The standard InChI is InChI=1S/C22H21N5OS/c1-15-24-25-21-27(15)26-19(29-21)16-8-7-11-18(14-16)23-20(28)22(12-5-6-13-22)17-9-3-2-4-10-17/h2-4,7-11,14H,5-6,12-13H2,1H3,(H,23,28). The summed E-state index contributed by atoms with van der Waals surface area (Å²) in [4.78, 5) is 14.1. The van der Waals surface area contributed by atoms with Crippen LogP contribution in [-0.4, -0.2) is 25.7 Å². The molecule has 0 saturated heterocycles. The van der Waals surface area contributed by atoms with E-state index in [4.69, 9.17) is 0 Å². The predicted octanol–water partition coefficient (Wildman–Crippen LogP) is 4.61. The lowest BCUT2D eigenvalue weighted by Gasteiger charge is -2.28. The fraction of sp³-hybridized carbons (Fsp3) is 0.273. The van der Waals surface area contributed by atoms with Gasteiger partial charge in [-0.1, -0.05) is 66.6 Å². The summed E-state index contributed by atoms with van der Waals surface area (Å²) in [7, 11) is 0. The van der Waals surface area contributed by atoms with Gasteiger partial charge in [0.1, 0.15) is 5.01 Å². The monoisotopic (exact) mass is 403 g/mol. The van der Waals surface area contributed by atoms with Gasteiger partial charge in [-0.3, -0.25) is 4.79 Å². The van der Waals surface area contributed by atoms with Crippen LogP contribution in [0.1, 0.15) is 37.1 Å². The molecule has 2 aromatic carbocycles. The maximum atomic E-state index is 13.4. The summed E-state index contributed by atoms with van der Waals surface area (Å²) < 4.78 is 1.74. The second-order valence-corrected chi connectivity index (χ2v) is 8.49. The number of aryl methyl sites for hydroxylation is 1. The first-order valence-corrected chi connectivity index (χ1v) is 10.6. The first-order valence-electron chi connectivity index (χ1n) is 9.82. The molecule has 1 saturated carbocycles. The number of amides is 1. The van der Waals surface area contributed by atoms with Crippen LogP contribution in [0.5, 0.6) is 0 Å². The lowest BCUT2D eigenvalue weighted by molar-refractivity contribution is -0.121. The third kappa shape index (κ3) is 3.11. The van der Waals surface area contributed by atoms with Crippen LogP contribution in [0.4, 0.5) is 5.69 Å². The fourth-order valence-corrected chi connectivity index (χ4v) is 5.08.